The molecule has 3 aliphatic rings. The summed E-state index contributed by atoms with van der Waals surface area (Å²) in [5.41, 5.74) is 6.15. The summed E-state index contributed by atoms with van der Waals surface area (Å²) in [6, 6.07) is 0.585. The van der Waals surface area contributed by atoms with Crippen LogP contribution in [0.5, 0.6) is 0 Å². The SMILES string of the molecule is NC(=NCC1CCOC2(CCC2)C1)NC1CCC1. The molecule has 3 fully saturated rings. The van der Waals surface area contributed by atoms with Crippen LogP contribution in [0.3, 0.4) is 0 Å². The van der Waals surface area contributed by atoms with Crippen LogP contribution in [0, 0.1) is 5.92 Å². The molecule has 1 unspecified atom stereocenters. The zero-order valence-corrected chi connectivity index (χ0v) is 11.2. The van der Waals surface area contributed by atoms with Crippen molar-refractivity contribution in [3.63, 3.8) is 0 Å². The summed E-state index contributed by atoms with van der Waals surface area (Å²) in [4.78, 5) is 4.52. The van der Waals surface area contributed by atoms with Gasteiger partial charge < -0.3 is 15.8 Å². The molecule has 1 spiro atoms. The Balaban J connectivity index is 1.45. The third kappa shape index (κ3) is 2.63. The van der Waals surface area contributed by atoms with E-state index < -0.39 is 0 Å². The van der Waals surface area contributed by atoms with E-state index in [-0.39, 0.29) is 5.60 Å². The second-order valence-corrected chi connectivity index (χ2v) is 6.24. The van der Waals surface area contributed by atoms with Gasteiger partial charge >= 0.3 is 0 Å². The number of ether oxygens (including phenoxy) is 1. The second kappa shape index (κ2) is 5.08. The van der Waals surface area contributed by atoms with E-state index in [1.54, 1.807) is 0 Å². The predicted octanol–water partition coefficient (Wildman–Crippen LogP) is 1.79. The fourth-order valence-electron chi connectivity index (χ4n) is 3.24. The lowest BCUT2D eigenvalue weighted by atomic mass is 9.72. The first kappa shape index (κ1) is 12.3. The maximum atomic E-state index is 5.93. The number of hydrogen-bond donors (Lipinski definition) is 2. The lowest BCUT2D eigenvalue weighted by Gasteiger charge is -2.47. The molecule has 3 N–H and O–H groups in total. The quantitative estimate of drug-likeness (QED) is 0.594. The summed E-state index contributed by atoms with van der Waals surface area (Å²) in [5, 5.41) is 3.30. The van der Waals surface area contributed by atoms with Gasteiger partial charge in [0.15, 0.2) is 5.96 Å². The Kier molecular flexibility index (Phi) is 3.46. The molecule has 1 aliphatic heterocycles. The van der Waals surface area contributed by atoms with Crippen molar-refractivity contribution in [3.8, 4) is 0 Å². The first-order chi connectivity index (χ1) is 8.76. The van der Waals surface area contributed by atoms with E-state index in [0.29, 0.717) is 17.9 Å². The first-order valence-electron chi connectivity index (χ1n) is 7.46. The molecule has 0 aromatic carbocycles. The minimum atomic E-state index is 0.231. The summed E-state index contributed by atoms with van der Waals surface area (Å²) in [6.07, 6.45) is 9.99. The third-order valence-electron chi connectivity index (χ3n) is 4.84. The number of nitrogens with two attached hydrogens (primary N) is 1. The highest BCUT2D eigenvalue weighted by atomic mass is 16.5. The van der Waals surface area contributed by atoms with Gasteiger partial charge in [0, 0.05) is 19.2 Å². The largest absolute Gasteiger partial charge is 0.375 e. The molecule has 0 aromatic heterocycles. The van der Waals surface area contributed by atoms with Crippen LogP contribution in [0.4, 0.5) is 0 Å². The van der Waals surface area contributed by atoms with Crippen molar-refractivity contribution in [2.24, 2.45) is 16.6 Å². The van der Waals surface area contributed by atoms with Crippen LogP contribution in [-0.2, 0) is 4.74 Å². The number of guanidine groups is 1. The molecule has 2 saturated carbocycles. The molecule has 2 aliphatic carbocycles. The van der Waals surface area contributed by atoms with Crippen molar-refractivity contribution in [1.82, 2.24) is 5.32 Å². The molecule has 4 nitrogen and oxygen atoms in total. The molecule has 0 bridgehead atoms. The van der Waals surface area contributed by atoms with E-state index >= 15 is 0 Å². The lowest BCUT2D eigenvalue weighted by Crippen LogP contribution is -2.46. The maximum Gasteiger partial charge on any atom is 0.188 e. The van der Waals surface area contributed by atoms with Gasteiger partial charge in [-0.3, -0.25) is 4.99 Å². The molecule has 0 aromatic rings. The van der Waals surface area contributed by atoms with E-state index in [2.05, 4.69) is 10.3 Å². The van der Waals surface area contributed by atoms with Crippen LogP contribution in [0.15, 0.2) is 4.99 Å². The van der Waals surface area contributed by atoms with Crippen molar-refractivity contribution in [1.29, 1.82) is 0 Å². The molecular weight excluding hydrogens is 226 g/mol. The van der Waals surface area contributed by atoms with E-state index in [1.165, 1.54) is 44.9 Å². The van der Waals surface area contributed by atoms with Gasteiger partial charge in [-0.2, -0.15) is 0 Å². The second-order valence-electron chi connectivity index (χ2n) is 6.24. The smallest absolute Gasteiger partial charge is 0.188 e. The fourth-order valence-corrected chi connectivity index (χ4v) is 3.24. The summed E-state index contributed by atoms with van der Waals surface area (Å²) in [7, 11) is 0. The summed E-state index contributed by atoms with van der Waals surface area (Å²) in [5.74, 6) is 1.31. The normalized spacial score (nSPS) is 31.8. The fraction of sp³-hybridized carbons (Fsp3) is 0.929. The van der Waals surface area contributed by atoms with Crippen LogP contribution in [-0.4, -0.2) is 30.8 Å². The van der Waals surface area contributed by atoms with Crippen LogP contribution in [0.1, 0.15) is 51.4 Å². The van der Waals surface area contributed by atoms with E-state index in [4.69, 9.17) is 10.5 Å². The van der Waals surface area contributed by atoms with Gasteiger partial charge in [0.25, 0.3) is 0 Å². The first-order valence-corrected chi connectivity index (χ1v) is 7.46. The number of nitrogens with zero attached hydrogens (tertiary/aromatic N) is 1. The Morgan fingerprint density at radius 3 is 2.72 bits per heavy atom. The van der Waals surface area contributed by atoms with Crippen molar-refractivity contribution in [2.75, 3.05) is 13.2 Å². The zero-order chi connectivity index (χ0) is 12.4. The molecule has 18 heavy (non-hydrogen) atoms. The average molecular weight is 251 g/mol. The van der Waals surface area contributed by atoms with Gasteiger partial charge in [-0.15, -0.1) is 0 Å². The number of rotatable bonds is 3. The summed E-state index contributed by atoms with van der Waals surface area (Å²) >= 11 is 0. The molecule has 0 radical (unpaired) electrons. The van der Waals surface area contributed by atoms with Gasteiger partial charge in [-0.1, -0.05) is 0 Å². The number of aliphatic imine (C=N–C) groups is 1. The number of nitrogens with one attached hydrogen (secondary N) is 1. The minimum absolute atomic E-state index is 0.231. The summed E-state index contributed by atoms with van der Waals surface area (Å²) in [6.45, 7) is 1.78. The molecule has 3 rings (SSSR count). The standard InChI is InChI=1S/C14H25N3O/c15-13(17-12-3-1-4-12)16-10-11-5-8-18-14(9-11)6-2-7-14/h11-12H,1-10H2,(H3,15,16,17). The van der Waals surface area contributed by atoms with Gasteiger partial charge in [-0.05, 0) is 57.3 Å². The third-order valence-corrected chi connectivity index (χ3v) is 4.84. The van der Waals surface area contributed by atoms with Crippen molar-refractivity contribution in [3.05, 3.63) is 0 Å². The summed E-state index contributed by atoms with van der Waals surface area (Å²) < 4.78 is 5.93. The average Bonchev–Trinajstić information content (AvgIpc) is 2.30. The molecule has 1 atom stereocenters. The Morgan fingerprint density at radius 2 is 2.11 bits per heavy atom. The van der Waals surface area contributed by atoms with Crippen LogP contribution < -0.4 is 11.1 Å². The van der Waals surface area contributed by atoms with Gasteiger partial charge in [0.1, 0.15) is 0 Å². The Labute approximate surface area is 109 Å². The Hall–Kier alpha value is -0.770. The van der Waals surface area contributed by atoms with Crippen LogP contribution >= 0.6 is 0 Å². The van der Waals surface area contributed by atoms with E-state index in [9.17, 15) is 0 Å². The van der Waals surface area contributed by atoms with Crippen LogP contribution in [0.2, 0.25) is 0 Å². The topological polar surface area (TPSA) is 59.6 Å². The monoisotopic (exact) mass is 251 g/mol. The Bertz CT molecular complexity index is 321. The van der Waals surface area contributed by atoms with Gasteiger partial charge in [0.05, 0.1) is 5.60 Å². The minimum Gasteiger partial charge on any atom is -0.375 e. The highest BCUT2D eigenvalue weighted by Crippen LogP contribution is 2.44. The van der Waals surface area contributed by atoms with Crippen molar-refractivity contribution < 1.29 is 4.74 Å². The lowest BCUT2D eigenvalue weighted by molar-refractivity contribution is -0.141. The zero-order valence-electron chi connectivity index (χ0n) is 11.2. The molecule has 1 heterocycles. The molecule has 102 valence electrons. The Morgan fingerprint density at radius 1 is 1.28 bits per heavy atom. The molecule has 1 saturated heterocycles. The number of hydrogen-bond acceptors (Lipinski definition) is 2. The van der Waals surface area contributed by atoms with Crippen LogP contribution in [0.25, 0.3) is 0 Å². The van der Waals surface area contributed by atoms with Crippen molar-refractivity contribution in [2.45, 2.75) is 63.0 Å². The highest BCUT2D eigenvalue weighted by molar-refractivity contribution is 5.78. The van der Waals surface area contributed by atoms with E-state index in [0.717, 1.165) is 19.6 Å². The molecule has 0 amide bonds. The predicted molar refractivity (Wildman–Crippen MR) is 72.5 cm³/mol. The highest BCUT2D eigenvalue weighted by Gasteiger charge is 2.42. The molecular formula is C14H25N3O. The van der Waals surface area contributed by atoms with Crippen molar-refractivity contribution >= 4 is 5.96 Å². The maximum absolute atomic E-state index is 5.93. The molecule has 4 heteroatoms. The van der Waals surface area contributed by atoms with Gasteiger partial charge in [-0.25, -0.2) is 0 Å². The van der Waals surface area contributed by atoms with Gasteiger partial charge in [0.2, 0.25) is 0 Å². The van der Waals surface area contributed by atoms with E-state index in [1.807, 2.05) is 0 Å².